The molecule has 186 valence electrons. The van der Waals surface area contributed by atoms with Crippen LogP contribution in [0.15, 0.2) is 77.9 Å². The molecule has 0 unspecified atom stereocenters. The molecule has 37 heavy (non-hydrogen) atoms. The Bertz CT molecular complexity index is 1650. The van der Waals surface area contributed by atoms with Crippen LogP contribution in [0.5, 0.6) is 0 Å². The van der Waals surface area contributed by atoms with Crippen LogP contribution in [0.2, 0.25) is 0 Å². The number of fused-ring (bicyclic) bond motifs is 2. The number of carbonyl (C=O) groups excluding carboxylic acids is 1. The molecule has 1 N–H and O–H groups in total. The third-order valence-corrected chi connectivity index (χ3v) is 6.73. The van der Waals surface area contributed by atoms with Crippen molar-refractivity contribution in [2.75, 3.05) is 42.6 Å². The molecule has 0 atom stereocenters. The van der Waals surface area contributed by atoms with E-state index in [1.165, 1.54) is 0 Å². The second-order valence-electron chi connectivity index (χ2n) is 8.91. The van der Waals surface area contributed by atoms with E-state index in [1.807, 2.05) is 54.6 Å². The van der Waals surface area contributed by atoms with E-state index in [0.717, 1.165) is 33.4 Å². The molecule has 9 heteroatoms. The van der Waals surface area contributed by atoms with Gasteiger partial charge in [-0.1, -0.05) is 36.4 Å². The maximum absolute atomic E-state index is 12.9. The molecular formula is C28H26N6O3. The third kappa shape index (κ3) is 4.08. The van der Waals surface area contributed by atoms with E-state index >= 15 is 0 Å². The summed E-state index contributed by atoms with van der Waals surface area (Å²) in [6.07, 6.45) is 3.36. The highest BCUT2D eigenvalue weighted by atomic mass is 16.5. The number of benzene rings is 2. The molecular weight excluding hydrogens is 468 g/mol. The number of carbonyl (C=O) groups is 1. The lowest BCUT2D eigenvalue weighted by molar-refractivity contribution is 0.0526. The molecule has 0 bridgehead atoms. The largest absolute Gasteiger partial charge is 0.462 e. The average molecular weight is 495 g/mol. The number of nitrogens with one attached hydrogen (secondary N) is 1. The van der Waals surface area contributed by atoms with E-state index in [2.05, 4.69) is 24.9 Å². The van der Waals surface area contributed by atoms with Gasteiger partial charge in [0.25, 0.3) is 0 Å². The SMILES string of the molecule is CCOC(=O)c1cnc2c(cnn2-c2ccccc2)c1N1CCN(c2cc(=O)[nH]c3ccccc23)CC1. The number of piperazine rings is 1. The fourth-order valence-electron chi connectivity index (χ4n) is 5.04. The number of rotatable bonds is 5. The number of H-pyrrole nitrogens is 1. The summed E-state index contributed by atoms with van der Waals surface area (Å²) in [5.41, 5.74) is 4.40. The Morgan fingerprint density at radius 2 is 1.68 bits per heavy atom. The van der Waals surface area contributed by atoms with Gasteiger partial charge in [-0.25, -0.2) is 14.5 Å². The Labute approximate surface area is 212 Å². The van der Waals surface area contributed by atoms with Crippen LogP contribution in [-0.2, 0) is 4.74 Å². The summed E-state index contributed by atoms with van der Waals surface area (Å²) in [5, 5.41) is 6.41. The zero-order chi connectivity index (χ0) is 25.4. The number of para-hydroxylation sites is 2. The number of esters is 1. The van der Waals surface area contributed by atoms with Gasteiger partial charge >= 0.3 is 5.97 Å². The number of aromatic amines is 1. The quantitative estimate of drug-likeness (QED) is 0.372. The lowest BCUT2D eigenvalue weighted by Crippen LogP contribution is -2.47. The minimum atomic E-state index is -0.401. The molecule has 2 aromatic carbocycles. The van der Waals surface area contributed by atoms with Crippen molar-refractivity contribution in [3.05, 3.63) is 89.0 Å². The highest BCUT2D eigenvalue weighted by molar-refractivity contribution is 6.05. The Morgan fingerprint density at radius 3 is 2.46 bits per heavy atom. The third-order valence-electron chi connectivity index (χ3n) is 6.73. The number of aromatic nitrogens is 4. The van der Waals surface area contributed by atoms with Crippen molar-refractivity contribution in [2.24, 2.45) is 0 Å². The molecule has 1 aliphatic rings. The Hall–Kier alpha value is -4.66. The summed E-state index contributed by atoms with van der Waals surface area (Å²) >= 11 is 0. The van der Waals surface area contributed by atoms with Crippen LogP contribution in [0.1, 0.15) is 17.3 Å². The monoisotopic (exact) mass is 494 g/mol. The van der Waals surface area contributed by atoms with Crippen molar-refractivity contribution in [2.45, 2.75) is 6.92 Å². The summed E-state index contributed by atoms with van der Waals surface area (Å²) in [5.74, 6) is -0.401. The average Bonchev–Trinajstić information content (AvgIpc) is 3.37. The summed E-state index contributed by atoms with van der Waals surface area (Å²) in [4.78, 5) is 37.2. The molecule has 0 radical (unpaired) electrons. The smallest absolute Gasteiger partial charge is 0.341 e. The molecule has 4 heterocycles. The highest BCUT2D eigenvalue weighted by Crippen LogP contribution is 2.33. The van der Waals surface area contributed by atoms with Crippen LogP contribution >= 0.6 is 0 Å². The zero-order valence-electron chi connectivity index (χ0n) is 20.4. The highest BCUT2D eigenvalue weighted by Gasteiger charge is 2.27. The van der Waals surface area contributed by atoms with Crippen molar-refractivity contribution >= 4 is 39.3 Å². The first-order valence-corrected chi connectivity index (χ1v) is 12.4. The van der Waals surface area contributed by atoms with Gasteiger partial charge in [0.2, 0.25) is 5.56 Å². The first kappa shape index (κ1) is 22.8. The maximum atomic E-state index is 12.9. The first-order chi connectivity index (χ1) is 18.1. The number of pyridine rings is 2. The number of ether oxygens (including phenoxy) is 1. The fraction of sp³-hybridized carbons (Fsp3) is 0.214. The lowest BCUT2D eigenvalue weighted by atomic mass is 10.1. The maximum Gasteiger partial charge on any atom is 0.341 e. The van der Waals surface area contributed by atoms with E-state index in [-0.39, 0.29) is 12.2 Å². The van der Waals surface area contributed by atoms with Gasteiger partial charge in [-0.15, -0.1) is 0 Å². The topological polar surface area (TPSA) is 96.3 Å². The van der Waals surface area contributed by atoms with Crippen LogP contribution in [0.25, 0.3) is 27.6 Å². The fourth-order valence-corrected chi connectivity index (χ4v) is 5.04. The van der Waals surface area contributed by atoms with Gasteiger partial charge in [0.05, 0.1) is 40.8 Å². The van der Waals surface area contributed by atoms with Gasteiger partial charge < -0.3 is 19.5 Å². The van der Waals surface area contributed by atoms with Crippen molar-refractivity contribution in [3.63, 3.8) is 0 Å². The minimum Gasteiger partial charge on any atom is -0.462 e. The van der Waals surface area contributed by atoms with Crippen molar-refractivity contribution in [3.8, 4) is 5.69 Å². The standard InChI is InChI=1S/C28H26N6O3/c1-2-37-28(36)22-17-29-27-21(18-30-34(27)19-8-4-3-5-9-19)26(22)33-14-12-32(13-15-33)24-16-25(35)31-23-11-7-6-10-20(23)24/h3-11,16-18H,2,12-15H2,1H3,(H,31,35). The first-order valence-electron chi connectivity index (χ1n) is 12.4. The van der Waals surface area contributed by atoms with Gasteiger partial charge in [0.1, 0.15) is 5.56 Å². The predicted molar refractivity (Wildman–Crippen MR) is 144 cm³/mol. The molecule has 0 spiro atoms. The molecule has 5 aromatic rings. The van der Waals surface area contributed by atoms with Crippen molar-refractivity contribution in [1.29, 1.82) is 0 Å². The Kier molecular flexibility index (Phi) is 5.80. The summed E-state index contributed by atoms with van der Waals surface area (Å²) in [6.45, 7) is 4.76. The van der Waals surface area contributed by atoms with Crippen molar-refractivity contribution < 1.29 is 9.53 Å². The van der Waals surface area contributed by atoms with E-state index in [1.54, 1.807) is 30.1 Å². The normalized spacial score (nSPS) is 13.9. The second-order valence-corrected chi connectivity index (χ2v) is 8.91. The molecule has 3 aromatic heterocycles. The van der Waals surface area contributed by atoms with Crippen LogP contribution in [-0.4, -0.2) is 58.5 Å². The molecule has 1 fully saturated rings. The number of nitrogens with zero attached hydrogens (tertiary/aromatic N) is 5. The number of hydrogen-bond donors (Lipinski definition) is 1. The van der Waals surface area contributed by atoms with E-state index in [0.29, 0.717) is 37.4 Å². The molecule has 0 aliphatic carbocycles. The minimum absolute atomic E-state index is 0.120. The second kappa shape index (κ2) is 9.42. The number of anilines is 2. The van der Waals surface area contributed by atoms with Crippen molar-refractivity contribution in [1.82, 2.24) is 19.7 Å². The molecule has 9 nitrogen and oxygen atoms in total. The molecule has 1 saturated heterocycles. The Balaban J connectivity index is 1.38. The van der Waals surface area contributed by atoms with Crippen LogP contribution in [0.3, 0.4) is 0 Å². The number of hydrogen-bond acceptors (Lipinski definition) is 7. The summed E-state index contributed by atoms with van der Waals surface area (Å²) < 4.78 is 7.15. The van der Waals surface area contributed by atoms with Crippen LogP contribution in [0.4, 0.5) is 11.4 Å². The molecule has 6 rings (SSSR count). The lowest BCUT2D eigenvalue weighted by Gasteiger charge is -2.38. The summed E-state index contributed by atoms with van der Waals surface area (Å²) in [7, 11) is 0. The molecule has 1 aliphatic heterocycles. The van der Waals surface area contributed by atoms with E-state index < -0.39 is 5.97 Å². The Morgan fingerprint density at radius 1 is 0.946 bits per heavy atom. The zero-order valence-corrected chi connectivity index (χ0v) is 20.4. The van der Waals surface area contributed by atoms with Gasteiger partial charge in [-0.3, -0.25) is 4.79 Å². The van der Waals surface area contributed by atoms with Gasteiger partial charge in [-0.05, 0) is 25.1 Å². The summed E-state index contributed by atoms with van der Waals surface area (Å²) in [6, 6.07) is 19.3. The van der Waals surface area contributed by atoms with Gasteiger partial charge in [0.15, 0.2) is 5.65 Å². The molecule has 0 amide bonds. The van der Waals surface area contributed by atoms with E-state index in [9.17, 15) is 9.59 Å². The van der Waals surface area contributed by atoms with Crippen LogP contribution < -0.4 is 15.4 Å². The van der Waals surface area contributed by atoms with Gasteiger partial charge in [0, 0.05) is 43.8 Å². The van der Waals surface area contributed by atoms with Gasteiger partial charge in [-0.2, -0.15) is 5.10 Å². The predicted octanol–water partition coefficient (Wildman–Crippen LogP) is 3.77. The molecule has 0 saturated carbocycles. The van der Waals surface area contributed by atoms with E-state index in [4.69, 9.17) is 4.74 Å². The van der Waals surface area contributed by atoms with Crippen LogP contribution in [0, 0.1) is 0 Å².